The fourth-order valence-corrected chi connectivity index (χ4v) is 5.68. The highest BCUT2D eigenvalue weighted by molar-refractivity contribution is 8.15. The number of nitrogens with two attached hydrogens (primary N) is 1. The summed E-state index contributed by atoms with van der Waals surface area (Å²) in [6.45, 7) is 1.74. The molecule has 2 N–H and O–H groups in total. The first-order valence-corrected chi connectivity index (χ1v) is 11.1. The third-order valence-corrected chi connectivity index (χ3v) is 7.15. The molecule has 8 nitrogen and oxygen atoms in total. The van der Waals surface area contributed by atoms with Crippen molar-refractivity contribution >= 4 is 34.7 Å². The third-order valence-electron chi connectivity index (χ3n) is 5.86. The number of hydrogen-bond acceptors (Lipinski definition) is 8. The van der Waals surface area contributed by atoms with Crippen LogP contribution in [0.2, 0.25) is 0 Å². The molecule has 0 aromatic carbocycles. The van der Waals surface area contributed by atoms with Gasteiger partial charge in [0.05, 0.1) is 17.9 Å². The van der Waals surface area contributed by atoms with Gasteiger partial charge in [0.15, 0.2) is 17.6 Å². The van der Waals surface area contributed by atoms with E-state index < -0.39 is 22.1 Å². The molecule has 1 amide bonds. The number of terminal acetylenes is 1. The summed E-state index contributed by atoms with van der Waals surface area (Å²) in [6.07, 6.45) is 10.4. The predicted molar refractivity (Wildman–Crippen MR) is 126 cm³/mol. The van der Waals surface area contributed by atoms with Gasteiger partial charge in [-0.05, 0) is 31.1 Å². The van der Waals surface area contributed by atoms with Gasteiger partial charge in [-0.1, -0.05) is 17.7 Å². The maximum atomic E-state index is 14.9. The second-order valence-corrected chi connectivity index (χ2v) is 9.73. The minimum atomic E-state index is -1.13. The van der Waals surface area contributed by atoms with Crippen LogP contribution in [0.15, 0.2) is 29.6 Å². The first kappa shape index (κ1) is 23.6. The summed E-state index contributed by atoms with van der Waals surface area (Å²) in [6, 6.07) is 1.47. The second kappa shape index (κ2) is 8.68. The standard InChI is InChI=1S/C23H22F2N6O2S/c1-5-6-33-18-12-27-16(11-28-18)15(24)8-13-7-14(19(25)29-10-13)22(2)17-9-23(17,20(32)31(3)4)34-21(26)30-22/h1,7-8,10-12,17H,6,9H2,2-4H3,(H2,26,30)/b15-8-/t17-,22+,23-/m0/s1. The molecule has 1 saturated carbocycles. The van der Waals surface area contributed by atoms with E-state index in [1.165, 1.54) is 47.4 Å². The Hall–Kier alpha value is -3.52. The van der Waals surface area contributed by atoms with Crippen LogP contribution < -0.4 is 10.5 Å². The van der Waals surface area contributed by atoms with Crippen LogP contribution in [-0.4, -0.2) is 56.4 Å². The summed E-state index contributed by atoms with van der Waals surface area (Å²) in [5, 5.41) is 0.195. The van der Waals surface area contributed by atoms with Gasteiger partial charge in [0.2, 0.25) is 17.7 Å². The van der Waals surface area contributed by atoms with Crippen molar-refractivity contribution in [2.24, 2.45) is 16.6 Å². The Balaban J connectivity index is 1.66. The zero-order valence-electron chi connectivity index (χ0n) is 18.7. The minimum Gasteiger partial charge on any atom is -0.463 e. The number of amidine groups is 1. The molecular formula is C23H22F2N6O2S. The highest BCUT2D eigenvalue weighted by Crippen LogP contribution is 2.66. The Morgan fingerprint density at radius 1 is 1.38 bits per heavy atom. The topological polar surface area (TPSA) is 107 Å². The zero-order valence-corrected chi connectivity index (χ0v) is 19.6. The number of fused-ring (bicyclic) bond motifs is 1. The maximum Gasteiger partial charge on any atom is 0.239 e. The largest absolute Gasteiger partial charge is 0.463 e. The fourth-order valence-electron chi connectivity index (χ4n) is 4.18. The molecular weight excluding hydrogens is 462 g/mol. The van der Waals surface area contributed by atoms with Gasteiger partial charge in [-0.3, -0.25) is 9.79 Å². The predicted octanol–water partition coefficient (Wildman–Crippen LogP) is 2.61. The second-order valence-electron chi connectivity index (χ2n) is 8.38. The summed E-state index contributed by atoms with van der Waals surface area (Å²) in [7, 11) is 3.33. The number of aromatic nitrogens is 3. The van der Waals surface area contributed by atoms with Crippen molar-refractivity contribution in [1.82, 2.24) is 19.9 Å². The number of rotatable bonds is 6. The quantitative estimate of drug-likeness (QED) is 0.496. The van der Waals surface area contributed by atoms with Crippen molar-refractivity contribution in [3.8, 4) is 18.2 Å². The third kappa shape index (κ3) is 4.09. The molecule has 0 bridgehead atoms. The molecule has 0 unspecified atom stereocenters. The van der Waals surface area contributed by atoms with Crippen LogP contribution in [0.4, 0.5) is 8.78 Å². The van der Waals surface area contributed by atoms with E-state index in [1.807, 2.05) is 0 Å². The van der Waals surface area contributed by atoms with Crippen LogP contribution >= 0.6 is 11.8 Å². The molecule has 1 aliphatic heterocycles. The Morgan fingerprint density at radius 2 is 2.15 bits per heavy atom. The van der Waals surface area contributed by atoms with Crippen LogP contribution in [0.5, 0.6) is 5.88 Å². The smallest absolute Gasteiger partial charge is 0.239 e. The molecule has 3 heterocycles. The van der Waals surface area contributed by atoms with Crippen molar-refractivity contribution in [2.75, 3.05) is 20.7 Å². The van der Waals surface area contributed by atoms with E-state index in [4.69, 9.17) is 16.9 Å². The van der Waals surface area contributed by atoms with Gasteiger partial charge in [-0.2, -0.15) is 4.39 Å². The maximum absolute atomic E-state index is 14.9. The first-order chi connectivity index (χ1) is 16.1. The van der Waals surface area contributed by atoms with E-state index in [0.717, 1.165) is 0 Å². The molecule has 0 spiro atoms. The van der Waals surface area contributed by atoms with Gasteiger partial charge in [-0.25, -0.2) is 19.3 Å². The number of hydrogen-bond donors (Lipinski definition) is 1. The molecule has 2 aliphatic rings. The molecule has 34 heavy (non-hydrogen) atoms. The normalized spacial score (nSPS) is 25.6. The molecule has 176 valence electrons. The minimum absolute atomic E-state index is 0.0169. The van der Waals surface area contributed by atoms with E-state index in [-0.39, 0.29) is 40.7 Å². The molecule has 0 radical (unpaired) electrons. The summed E-state index contributed by atoms with van der Waals surface area (Å²) in [5.41, 5.74) is 5.33. The molecule has 3 atom stereocenters. The molecule has 11 heteroatoms. The lowest BCUT2D eigenvalue weighted by molar-refractivity contribution is -0.129. The van der Waals surface area contributed by atoms with Crippen molar-refractivity contribution in [2.45, 2.75) is 23.6 Å². The average molecular weight is 485 g/mol. The Bertz CT molecular complexity index is 1240. The molecule has 1 fully saturated rings. The fraction of sp³-hybridized carbons (Fsp3) is 0.348. The lowest BCUT2D eigenvalue weighted by Crippen LogP contribution is -2.43. The van der Waals surface area contributed by atoms with Gasteiger partial charge < -0.3 is 15.4 Å². The zero-order chi connectivity index (χ0) is 24.7. The number of nitrogens with zero attached hydrogens (tertiary/aromatic N) is 5. The van der Waals surface area contributed by atoms with E-state index >= 15 is 0 Å². The number of aliphatic imine (C=N–C) groups is 1. The van der Waals surface area contributed by atoms with Crippen molar-refractivity contribution in [3.63, 3.8) is 0 Å². The van der Waals surface area contributed by atoms with Crippen molar-refractivity contribution in [1.29, 1.82) is 0 Å². The molecule has 4 rings (SSSR count). The summed E-state index contributed by atoms with van der Waals surface area (Å²) in [4.78, 5) is 30.6. The highest BCUT2D eigenvalue weighted by Gasteiger charge is 2.71. The van der Waals surface area contributed by atoms with Gasteiger partial charge >= 0.3 is 0 Å². The Labute approximate surface area is 199 Å². The number of carbonyl (C=O) groups is 1. The van der Waals surface area contributed by atoms with E-state index in [0.29, 0.717) is 12.0 Å². The first-order valence-electron chi connectivity index (χ1n) is 10.3. The van der Waals surface area contributed by atoms with Crippen LogP contribution in [0.25, 0.3) is 11.9 Å². The Kier molecular flexibility index (Phi) is 6.03. The number of thioether (sulfide) groups is 1. The molecule has 0 saturated heterocycles. The number of ether oxygens (including phenoxy) is 1. The van der Waals surface area contributed by atoms with Crippen molar-refractivity contribution < 1.29 is 18.3 Å². The van der Waals surface area contributed by atoms with Crippen LogP contribution in [0, 0.1) is 24.2 Å². The van der Waals surface area contributed by atoms with Crippen LogP contribution in [0.3, 0.4) is 0 Å². The van der Waals surface area contributed by atoms with Crippen molar-refractivity contribution in [3.05, 3.63) is 47.4 Å². The van der Waals surface area contributed by atoms with Gasteiger partial charge in [-0.15, -0.1) is 6.42 Å². The van der Waals surface area contributed by atoms with Crippen LogP contribution in [0.1, 0.15) is 30.2 Å². The van der Waals surface area contributed by atoms with Gasteiger partial charge in [0.25, 0.3) is 0 Å². The number of halogens is 2. The highest BCUT2D eigenvalue weighted by atomic mass is 32.2. The van der Waals surface area contributed by atoms with Crippen LogP contribution in [-0.2, 0) is 10.3 Å². The lowest BCUT2D eigenvalue weighted by Gasteiger charge is -2.34. The number of carbonyl (C=O) groups excluding carboxylic acids is 1. The lowest BCUT2D eigenvalue weighted by atomic mass is 9.86. The van der Waals surface area contributed by atoms with E-state index in [2.05, 4.69) is 25.9 Å². The summed E-state index contributed by atoms with van der Waals surface area (Å²) in [5.74, 6) is 0.621. The van der Waals surface area contributed by atoms with Gasteiger partial charge in [0.1, 0.15) is 10.4 Å². The summed E-state index contributed by atoms with van der Waals surface area (Å²) < 4.78 is 34.1. The molecule has 2 aromatic rings. The van der Waals surface area contributed by atoms with E-state index in [9.17, 15) is 13.6 Å². The molecule has 2 aromatic heterocycles. The average Bonchev–Trinajstić information content (AvgIpc) is 3.55. The van der Waals surface area contributed by atoms with E-state index in [1.54, 1.807) is 21.0 Å². The van der Waals surface area contributed by atoms with Gasteiger partial charge in [0, 0.05) is 31.8 Å². The molecule has 1 aliphatic carbocycles. The monoisotopic (exact) mass is 484 g/mol. The number of amides is 1. The Morgan fingerprint density at radius 3 is 2.79 bits per heavy atom. The summed E-state index contributed by atoms with van der Waals surface area (Å²) >= 11 is 1.21. The number of pyridine rings is 1. The SMILES string of the molecule is C#CCOc1cnc(/C(F)=C/c2cnc(F)c([C@@]3(C)N=C(N)S[C@@]4(C(=O)N(C)C)C[C@H]43)c2)cn1.